The van der Waals surface area contributed by atoms with Crippen molar-refractivity contribution in [1.29, 1.82) is 0 Å². The van der Waals surface area contributed by atoms with Crippen molar-refractivity contribution >= 4 is 6.29 Å². The summed E-state index contributed by atoms with van der Waals surface area (Å²) in [5.41, 5.74) is -1.39. The Kier molecular flexibility index (Phi) is 6.51. The Morgan fingerprint density at radius 2 is 1.95 bits per heavy atom. The molecule has 0 heterocycles. The van der Waals surface area contributed by atoms with Crippen LogP contribution >= 0.6 is 0 Å². The highest BCUT2D eigenvalue weighted by Gasteiger charge is 2.33. The molecule has 112 valence electrons. The second kappa shape index (κ2) is 7.89. The first kappa shape index (κ1) is 16.5. The Balaban J connectivity index is 2.57. The largest absolute Gasteiger partial charge is 0.491 e. The van der Waals surface area contributed by atoms with E-state index in [0.29, 0.717) is 13.2 Å². The number of carbonyl (C=O) groups is 1. The Hall–Kier alpha value is -1.56. The van der Waals surface area contributed by atoms with Gasteiger partial charge in [-0.3, -0.25) is 4.79 Å². The van der Waals surface area contributed by atoms with Crippen LogP contribution in [0.3, 0.4) is 0 Å². The summed E-state index contributed by atoms with van der Waals surface area (Å²) < 4.78 is 48.5. The number of aldehydes is 1. The molecule has 0 saturated heterocycles. The van der Waals surface area contributed by atoms with Gasteiger partial charge in [0, 0.05) is 12.2 Å². The smallest absolute Gasteiger partial charge is 0.417 e. The Labute approximate surface area is 115 Å². The van der Waals surface area contributed by atoms with E-state index >= 15 is 0 Å². The van der Waals surface area contributed by atoms with E-state index in [1.165, 1.54) is 6.07 Å². The SMILES string of the molecule is CCCCOCCOc1ccc(C=O)c(C(F)(F)F)c1. The van der Waals surface area contributed by atoms with Crippen LogP contribution in [0, 0.1) is 0 Å². The van der Waals surface area contributed by atoms with Crippen molar-refractivity contribution in [3.8, 4) is 5.75 Å². The molecular formula is C14H17F3O3. The molecule has 0 fully saturated rings. The normalized spacial score (nSPS) is 11.4. The van der Waals surface area contributed by atoms with Crippen LogP contribution < -0.4 is 4.74 Å². The van der Waals surface area contributed by atoms with E-state index < -0.39 is 17.3 Å². The fourth-order valence-electron chi connectivity index (χ4n) is 1.54. The predicted molar refractivity (Wildman–Crippen MR) is 68.1 cm³/mol. The molecule has 0 aliphatic rings. The summed E-state index contributed by atoms with van der Waals surface area (Å²) in [6.07, 6.45) is -2.44. The Morgan fingerprint density at radius 1 is 1.20 bits per heavy atom. The number of benzene rings is 1. The van der Waals surface area contributed by atoms with Gasteiger partial charge in [-0.2, -0.15) is 13.2 Å². The monoisotopic (exact) mass is 290 g/mol. The van der Waals surface area contributed by atoms with E-state index in [1.807, 2.05) is 6.92 Å². The Bertz CT molecular complexity index is 430. The molecule has 0 N–H and O–H groups in total. The first-order chi connectivity index (χ1) is 9.49. The van der Waals surface area contributed by atoms with Gasteiger partial charge < -0.3 is 9.47 Å². The summed E-state index contributed by atoms with van der Waals surface area (Å²) >= 11 is 0. The molecule has 3 nitrogen and oxygen atoms in total. The van der Waals surface area contributed by atoms with E-state index in [1.54, 1.807) is 0 Å². The van der Waals surface area contributed by atoms with Gasteiger partial charge in [0.2, 0.25) is 0 Å². The van der Waals surface area contributed by atoms with E-state index in [0.717, 1.165) is 25.0 Å². The maximum Gasteiger partial charge on any atom is 0.417 e. The fourth-order valence-corrected chi connectivity index (χ4v) is 1.54. The highest BCUT2D eigenvalue weighted by atomic mass is 19.4. The van der Waals surface area contributed by atoms with Crippen molar-refractivity contribution in [2.75, 3.05) is 19.8 Å². The summed E-state index contributed by atoms with van der Waals surface area (Å²) in [5, 5.41) is 0. The standard InChI is InChI=1S/C14H17F3O3/c1-2-3-6-19-7-8-20-12-5-4-11(10-18)13(9-12)14(15,16)17/h4-5,9-10H,2-3,6-8H2,1H3. The molecule has 0 radical (unpaired) electrons. The molecule has 0 spiro atoms. The molecule has 1 aromatic carbocycles. The molecule has 20 heavy (non-hydrogen) atoms. The average Bonchev–Trinajstić information content (AvgIpc) is 2.41. The van der Waals surface area contributed by atoms with Gasteiger partial charge in [-0.1, -0.05) is 13.3 Å². The van der Waals surface area contributed by atoms with Gasteiger partial charge in [-0.15, -0.1) is 0 Å². The summed E-state index contributed by atoms with van der Waals surface area (Å²) in [6.45, 7) is 3.13. The second-order valence-corrected chi connectivity index (χ2v) is 4.18. The van der Waals surface area contributed by atoms with E-state index in [-0.39, 0.29) is 18.6 Å². The van der Waals surface area contributed by atoms with Crippen LogP contribution in [0.2, 0.25) is 0 Å². The summed E-state index contributed by atoms with van der Waals surface area (Å²) in [7, 11) is 0. The van der Waals surface area contributed by atoms with Gasteiger partial charge in [0.15, 0.2) is 6.29 Å². The number of alkyl halides is 3. The van der Waals surface area contributed by atoms with Gasteiger partial charge in [0.05, 0.1) is 12.2 Å². The topological polar surface area (TPSA) is 35.5 Å². The number of unbranched alkanes of at least 4 members (excludes halogenated alkanes) is 1. The lowest BCUT2D eigenvalue weighted by Crippen LogP contribution is -2.11. The summed E-state index contributed by atoms with van der Waals surface area (Å²) in [6, 6.07) is 3.27. The van der Waals surface area contributed by atoms with E-state index in [9.17, 15) is 18.0 Å². The van der Waals surface area contributed by atoms with Gasteiger partial charge in [0.1, 0.15) is 12.4 Å². The molecule has 0 aliphatic carbocycles. The number of hydrogen-bond acceptors (Lipinski definition) is 3. The van der Waals surface area contributed by atoms with E-state index in [2.05, 4.69) is 0 Å². The molecule has 0 unspecified atom stereocenters. The van der Waals surface area contributed by atoms with Gasteiger partial charge in [-0.25, -0.2) is 0 Å². The molecule has 0 aromatic heterocycles. The van der Waals surface area contributed by atoms with Crippen molar-refractivity contribution in [2.45, 2.75) is 25.9 Å². The molecule has 0 atom stereocenters. The van der Waals surface area contributed by atoms with Crippen LogP contribution in [0.25, 0.3) is 0 Å². The third kappa shape index (κ3) is 5.21. The van der Waals surface area contributed by atoms with E-state index in [4.69, 9.17) is 9.47 Å². The first-order valence-corrected chi connectivity index (χ1v) is 6.36. The van der Waals surface area contributed by atoms with Crippen LogP contribution in [0.15, 0.2) is 18.2 Å². The van der Waals surface area contributed by atoms with Crippen LogP contribution in [0.1, 0.15) is 35.7 Å². The van der Waals surface area contributed by atoms with Crippen LogP contribution in [-0.2, 0) is 10.9 Å². The highest BCUT2D eigenvalue weighted by Crippen LogP contribution is 2.33. The number of ether oxygens (including phenoxy) is 2. The minimum Gasteiger partial charge on any atom is -0.491 e. The highest BCUT2D eigenvalue weighted by molar-refractivity contribution is 5.78. The first-order valence-electron chi connectivity index (χ1n) is 6.36. The lowest BCUT2D eigenvalue weighted by atomic mass is 10.1. The maximum absolute atomic E-state index is 12.7. The number of carbonyl (C=O) groups excluding carboxylic acids is 1. The molecule has 0 saturated carbocycles. The lowest BCUT2D eigenvalue weighted by Gasteiger charge is -2.12. The predicted octanol–water partition coefficient (Wildman–Crippen LogP) is 3.71. The zero-order chi connectivity index (χ0) is 15.0. The molecular weight excluding hydrogens is 273 g/mol. The summed E-state index contributed by atoms with van der Waals surface area (Å²) in [4.78, 5) is 10.6. The molecule has 0 aliphatic heterocycles. The third-order valence-corrected chi connectivity index (χ3v) is 2.60. The average molecular weight is 290 g/mol. The minimum atomic E-state index is -4.58. The summed E-state index contributed by atoms with van der Waals surface area (Å²) in [5.74, 6) is 0.0713. The fraction of sp³-hybridized carbons (Fsp3) is 0.500. The number of hydrogen-bond donors (Lipinski definition) is 0. The quantitative estimate of drug-likeness (QED) is 0.541. The van der Waals surface area contributed by atoms with Crippen molar-refractivity contribution in [3.05, 3.63) is 29.3 Å². The lowest BCUT2D eigenvalue weighted by molar-refractivity contribution is -0.137. The molecule has 6 heteroatoms. The molecule has 1 rings (SSSR count). The third-order valence-electron chi connectivity index (χ3n) is 2.60. The van der Waals surface area contributed by atoms with Crippen LogP contribution in [0.4, 0.5) is 13.2 Å². The molecule has 1 aromatic rings. The Morgan fingerprint density at radius 3 is 2.55 bits per heavy atom. The van der Waals surface area contributed by atoms with Crippen molar-refractivity contribution in [3.63, 3.8) is 0 Å². The van der Waals surface area contributed by atoms with Gasteiger partial charge >= 0.3 is 6.18 Å². The van der Waals surface area contributed by atoms with Gasteiger partial charge in [0.25, 0.3) is 0 Å². The maximum atomic E-state index is 12.7. The number of halogens is 3. The number of rotatable bonds is 8. The van der Waals surface area contributed by atoms with Crippen LogP contribution in [-0.4, -0.2) is 26.1 Å². The molecule has 0 amide bonds. The van der Waals surface area contributed by atoms with Crippen molar-refractivity contribution < 1.29 is 27.4 Å². The van der Waals surface area contributed by atoms with Crippen molar-refractivity contribution in [1.82, 2.24) is 0 Å². The second-order valence-electron chi connectivity index (χ2n) is 4.18. The zero-order valence-electron chi connectivity index (χ0n) is 11.2. The van der Waals surface area contributed by atoms with Crippen LogP contribution in [0.5, 0.6) is 5.75 Å². The van der Waals surface area contributed by atoms with Gasteiger partial charge in [-0.05, 0) is 24.6 Å². The minimum absolute atomic E-state index is 0.0713. The van der Waals surface area contributed by atoms with Crippen molar-refractivity contribution in [2.24, 2.45) is 0 Å². The zero-order valence-corrected chi connectivity index (χ0v) is 11.2. The molecule has 0 bridgehead atoms.